The number of esters is 1. The molecule has 2 rings (SSSR count). The summed E-state index contributed by atoms with van der Waals surface area (Å²) in [5, 5.41) is 2.48. The minimum Gasteiger partial charge on any atom is -0.493 e. The molecule has 0 radical (unpaired) electrons. The molecule has 0 atom stereocenters. The summed E-state index contributed by atoms with van der Waals surface area (Å²) < 4.78 is 14.8. The molecule has 128 valence electrons. The van der Waals surface area contributed by atoms with Gasteiger partial charge in [-0.15, -0.1) is 0 Å². The summed E-state index contributed by atoms with van der Waals surface area (Å²) in [6.07, 6.45) is 1.47. The largest absolute Gasteiger partial charge is 0.493 e. The Balaban J connectivity index is 2.17. The first-order valence-corrected chi connectivity index (χ1v) is 7.13. The molecule has 8 nitrogen and oxygen atoms in total. The Kier molecular flexibility index (Phi) is 5.41. The third-order valence-electron chi connectivity index (χ3n) is 3.45. The lowest BCUT2D eigenvalue weighted by Crippen LogP contribution is -2.33. The van der Waals surface area contributed by atoms with Crippen LogP contribution in [0.5, 0.6) is 11.5 Å². The van der Waals surface area contributed by atoms with E-state index in [1.54, 1.807) is 18.2 Å². The third kappa shape index (κ3) is 3.65. The molecule has 24 heavy (non-hydrogen) atoms. The fourth-order valence-electron chi connectivity index (χ4n) is 2.19. The monoisotopic (exact) mass is 334 g/mol. The molecule has 8 heteroatoms. The van der Waals surface area contributed by atoms with Crippen LogP contribution in [-0.4, -0.2) is 50.7 Å². The van der Waals surface area contributed by atoms with Gasteiger partial charge in [-0.1, -0.05) is 6.07 Å². The van der Waals surface area contributed by atoms with Gasteiger partial charge in [0.05, 0.1) is 27.8 Å². The van der Waals surface area contributed by atoms with Crippen LogP contribution in [0.4, 0.5) is 4.79 Å². The second-order valence-corrected chi connectivity index (χ2v) is 4.89. The Labute approximate surface area is 139 Å². The number of rotatable bonds is 6. The molecule has 1 heterocycles. The van der Waals surface area contributed by atoms with Gasteiger partial charge in [-0.05, 0) is 23.8 Å². The van der Waals surface area contributed by atoms with Crippen molar-refractivity contribution in [2.45, 2.75) is 6.42 Å². The average molecular weight is 334 g/mol. The maximum atomic E-state index is 12.3. The van der Waals surface area contributed by atoms with Gasteiger partial charge >= 0.3 is 12.0 Å². The fourth-order valence-corrected chi connectivity index (χ4v) is 2.19. The van der Waals surface area contributed by atoms with Crippen LogP contribution in [0.1, 0.15) is 12.0 Å². The smallest absolute Gasteiger partial charge is 0.329 e. The Morgan fingerprint density at radius 2 is 1.88 bits per heavy atom. The van der Waals surface area contributed by atoms with E-state index in [1.165, 1.54) is 27.4 Å². The number of carbonyl (C=O) groups is 3. The minimum absolute atomic E-state index is 0.0411. The van der Waals surface area contributed by atoms with Gasteiger partial charge in [-0.2, -0.15) is 0 Å². The minimum atomic E-state index is -0.573. The highest BCUT2D eigenvalue weighted by Gasteiger charge is 2.33. The number of methoxy groups -OCH3 is 3. The van der Waals surface area contributed by atoms with Crippen LogP contribution in [0.25, 0.3) is 6.08 Å². The highest BCUT2D eigenvalue weighted by atomic mass is 16.5. The second kappa shape index (κ2) is 7.49. The van der Waals surface area contributed by atoms with Gasteiger partial charge in [0.1, 0.15) is 5.70 Å². The summed E-state index contributed by atoms with van der Waals surface area (Å²) in [6, 6.07) is 4.53. The lowest BCUT2D eigenvalue weighted by Gasteiger charge is -2.10. The van der Waals surface area contributed by atoms with E-state index in [0.717, 1.165) is 4.90 Å². The summed E-state index contributed by atoms with van der Waals surface area (Å²) in [4.78, 5) is 36.2. The fraction of sp³-hybridized carbons (Fsp3) is 0.312. The molecular weight excluding hydrogens is 316 g/mol. The molecule has 0 saturated carbocycles. The van der Waals surface area contributed by atoms with E-state index in [4.69, 9.17) is 9.47 Å². The van der Waals surface area contributed by atoms with Crippen molar-refractivity contribution in [3.05, 3.63) is 29.5 Å². The van der Waals surface area contributed by atoms with Gasteiger partial charge < -0.3 is 19.5 Å². The molecule has 1 aromatic rings. The quantitative estimate of drug-likeness (QED) is 0.477. The Hall–Kier alpha value is -3.03. The molecule has 1 N–H and O–H groups in total. The molecule has 1 aliphatic heterocycles. The number of amides is 3. The molecule has 0 spiro atoms. The maximum absolute atomic E-state index is 12.3. The molecule has 1 saturated heterocycles. The van der Waals surface area contributed by atoms with Gasteiger partial charge in [0.15, 0.2) is 11.5 Å². The molecule has 1 fully saturated rings. The van der Waals surface area contributed by atoms with Crippen molar-refractivity contribution < 1.29 is 28.6 Å². The highest BCUT2D eigenvalue weighted by molar-refractivity contribution is 6.14. The molecule has 3 amide bonds. The van der Waals surface area contributed by atoms with E-state index in [0.29, 0.717) is 17.1 Å². The van der Waals surface area contributed by atoms with Crippen LogP contribution in [0, 0.1) is 0 Å². The lowest BCUT2D eigenvalue weighted by molar-refractivity contribution is -0.141. The van der Waals surface area contributed by atoms with E-state index in [-0.39, 0.29) is 18.7 Å². The number of carbonyl (C=O) groups excluding carboxylic acids is 3. The van der Waals surface area contributed by atoms with Crippen LogP contribution in [-0.2, 0) is 14.3 Å². The number of nitrogens with zero attached hydrogens (tertiary/aromatic N) is 1. The van der Waals surface area contributed by atoms with Crippen molar-refractivity contribution in [2.75, 3.05) is 27.9 Å². The van der Waals surface area contributed by atoms with E-state index in [9.17, 15) is 14.4 Å². The zero-order valence-electron chi connectivity index (χ0n) is 13.6. The predicted molar refractivity (Wildman–Crippen MR) is 84.4 cm³/mol. The predicted octanol–water partition coefficient (Wildman–Crippen LogP) is 1.16. The highest BCUT2D eigenvalue weighted by Crippen LogP contribution is 2.28. The van der Waals surface area contributed by atoms with Crippen molar-refractivity contribution in [3.63, 3.8) is 0 Å². The lowest BCUT2D eigenvalue weighted by atomic mass is 10.1. The number of urea groups is 1. The Morgan fingerprint density at radius 1 is 1.17 bits per heavy atom. The Morgan fingerprint density at radius 3 is 2.50 bits per heavy atom. The summed E-state index contributed by atoms with van der Waals surface area (Å²) in [5.41, 5.74) is 0.781. The van der Waals surface area contributed by atoms with Crippen LogP contribution in [0.3, 0.4) is 0 Å². The van der Waals surface area contributed by atoms with Crippen molar-refractivity contribution in [3.8, 4) is 11.5 Å². The number of hydrogen-bond donors (Lipinski definition) is 1. The molecule has 1 aliphatic rings. The van der Waals surface area contributed by atoms with Crippen LogP contribution < -0.4 is 14.8 Å². The SMILES string of the molecule is COC(=O)CCN1C(=O)N/C(=C/c2ccc(OC)c(OC)c2)C1=O. The number of benzene rings is 1. The molecule has 0 aliphatic carbocycles. The Bertz CT molecular complexity index is 698. The number of ether oxygens (including phenoxy) is 3. The normalized spacial score (nSPS) is 15.5. The van der Waals surface area contributed by atoms with E-state index in [2.05, 4.69) is 10.1 Å². The number of nitrogens with one attached hydrogen (secondary N) is 1. The maximum Gasteiger partial charge on any atom is 0.329 e. The van der Waals surface area contributed by atoms with Gasteiger partial charge in [0, 0.05) is 6.54 Å². The molecular formula is C16H18N2O6. The summed E-state index contributed by atoms with van der Waals surface area (Å²) in [6.45, 7) is -0.0411. The van der Waals surface area contributed by atoms with Crippen molar-refractivity contribution in [1.29, 1.82) is 0 Å². The van der Waals surface area contributed by atoms with Crippen molar-refractivity contribution in [2.24, 2.45) is 0 Å². The molecule has 0 bridgehead atoms. The summed E-state index contributed by atoms with van der Waals surface area (Å²) in [7, 11) is 4.28. The third-order valence-corrected chi connectivity index (χ3v) is 3.45. The van der Waals surface area contributed by atoms with Crippen molar-refractivity contribution in [1.82, 2.24) is 10.2 Å². The van der Waals surface area contributed by atoms with Gasteiger partial charge in [0.2, 0.25) is 0 Å². The van der Waals surface area contributed by atoms with E-state index < -0.39 is 17.9 Å². The van der Waals surface area contributed by atoms with Gasteiger partial charge in [-0.3, -0.25) is 14.5 Å². The summed E-state index contributed by atoms with van der Waals surface area (Å²) >= 11 is 0. The number of hydrogen-bond acceptors (Lipinski definition) is 6. The van der Waals surface area contributed by atoms with E-state index >= 15 is 0 Å². The molecule has 1 aromatic carbocycles. The van der Waals surface area contributed by atoms with Crippen LogP contribution in [0.15, 0.2) is 23.9 Å². The first kappa shape index (κ1) is 17.3. The van der Waals surface area contributed by atoms with Gasteiger partial charge in [-0.25, -0.2) is 4.79 Å². The van der Waals surface area contributed by atoms with Gasteiger partial charge in [0.25, 0.3) is 5.91 Å². The first-order valence-electron chi connectivity index (χ1n) is 7.13. The van der Waals surface area contributed by atoms with Crippen LogP contribution in [0.2, 0.25) is 0 Å². The average Bonchev–Trinajstić information content (AvgIpc) is 2.86. The molecule has 0 unspecified atom stereocenters. The standard InChI is InChI=1S/C16H18N2O6/c1-22-12-5-4-10(9-13(12)23-2)8-11-15(20)18(16(21)17-11)7-6-14(19)24-3/h4-5,8-9H,6-7H2,1-3H3,(H,17,21)/b11-8+. The topological polar surface area (TPSA) is 94.2 Å². The zero-order chi connectivity index (χ0) is 17.7. The first-order chi connectivity index (χ1) is 11.5. The summed E-state index contributed by atoms with van der Waals surface area (Å²) in [5.74, 6) is 0.0684. The second-order valence-electron chi connectivity index (χ2n) is 4.89. The van der Waals surface area contributed by atoms with E-state index in [1.807, 2.05) is 0 Å². The van der Waals surface area contributed by atoms with Crippen molar-refractivity contribution >= 4 is 24.0 Å². The molecule has 0 aromatic heterocycles. The zero-order valence-corrected chi connectivity index (χ0v) is 13.6. The van der Waals surface area contributed by atoms with Crippen LogP contribution >= 0.6 is 0 Å². The number of imide groups is 1.